The number of benzene rings is 1. The van der Waals surface area contributed by atoms with Gasteiger partial charge >= 0.3 is 6.18 Å². The maximum absolute atomic E-state index is 13.0. The van der Waals surface area contributed by atoms with Crippen molar-refractivity contribution in [3.63, 3.8) is 0 Å². The molecular formula is C19H18F3N5O. The average Bonchev–Trinajstić information content (AvgIpc) is 2.68. The molecule has 0 radical (unpaired) electrons. The number of nitrogens with zero attached hydrogens (tertiary/aromatic N) is 3. The van der Waals surface area contributed by atoms with Gasteiger partial charge in [-0.25, -0.2) is 4.98 Å². The van der Waals surface area contributed by atoms with E-state index in [0.29, 0.717) is 22.8 Å². The number of hydrogen-bond acceptors (Lipinski definition) is 6. The highest BCUT2D eigenvalue weighted by Gasteiger charge is 2.30. The van der Waals surface area contributed by atoms with Crippen LogP contribution in [0, 0.1) is 6.92 Å². The number of aliphatic hydroxyl groups excluding tert-OH is 1. The van der Waals surface area contributed by atoms with E-state index in [4.69, 9.17) is 5.11 Å². The molecule has 0 atom stereocenters. The van der Waals surface area contributed by atoms with Crippen LogP contribution in [0.5, 0.6) is 0 Å². The van der Waals surface area contributed by atoms with Gasteiger partial charge in [-0.1, -0.05) is 6.07 Å². The van der Waals surface area contributed by atoms with Gasteiger partial charge in [-0.3, -0.25) is 4.98 Å². The number of hydrogen-bond donors (Lipinski definition) is 3. The minimum atomic E-state index is -4.44. The Morgan fingerprint density at radius 1 is 1.04 bits per heavy atom. The van der Waals surface area contributed by atoms with E-state index in [-0.39, 0.29) is 19.1 Å². The highest BCUT2D eigenvalue weighted by molar-refractivity contribution is 5.68. The largest absolute Gasteiger partial charge is 0.416 e. The van der Waals surface area contributed by atoms with Gasteiger partial charge in [-0.15, -0.1) is 0 Å². The summed E-state index contributed by atoms with van der Waals surface area (Å²) in [5, 5.41) is 14.8. The van der Waals surface area contributed by atoms with Gasteiger partial charge in [-0.05, 0) is 36.8 Å². The summed E-state index contributed by atoms with van der Waals surface area (Å²) in [7, 11) is 0. The Balaban J connectivity index is 1.99. The second-order valence-corrected chi connectivity index (χ2v) is 6.00. The third-order valence-corrected chi connectivity index (χ3v) is 3.92. The molecule has 0 amide bonds. The number of aryl methyl sites for hydroxylation is 1. The number of rotatable bonds is 6. The standard InChI is InChI=1S/C19H18F3N5O/c1-12-2-3-14(19(20,21)22)10-15(12)25-17-11-16(13-4-6-23-7-5-13)26-18(27-17)24-8-9-28/h2-7,10-11,28H,8-9H2,1H3,(H2,24,25,26,27). The lowest BCUT2D eigenvalue weighted by molar-refractivity contribution is -0.137. The van der Waals surface area contributed by atoms with Gasteiger partial charge in [0.1, 0.15) is 5.82 Å². The molecule has 28 heavy (non-hydrogen) atoms. The third-order valence-electron chi connectivity index (χ3n) is 3.92. The molecule has 0 saturated carbocycles. The lowest BCUT2D eigenvalue weighted by Crippen LogP contribution is -2.10. The topological polar surface area (TPSA) is 83.0 Å². The maximum atomic E-state index is 13.0. The van der Waals surface area contributed by atoms with Crippen molar-refractivity contribution in [1.29, 1.82) is 0 Å². The van der Waals surface area contributed by atoms with Crippen LogP contribution >= 0.6 is 0 Å². The molecule has 1 aromatic carbocycles. The fraction of sp³-hybridized carbons (Fsp3) is 0.211. The Kier molecular flexibility index (Phi) is 5.74. The van der Waals surface area contributed by atoms with Gasteiger partial charge in [-0.2, -0.15) is 18.2 Å². The minimum absolute atomic E-state index is 0.113. The SMILES string of the molecule is Cc1ccc(C(F)(F)F)cc1Nc1cc(-c2ccncc2)nc(NCCO)n1. The third kappa shape index (κ3) is 4.74. The summed E-state index contributed by atoms with van der Waals surface area (Å²) in [6, 6.07) is 8.65. The molecule has 3 N–H and O–H groups in total. The van der Waals surface area contributed by atoms with Crippen LogP contribution in [0.15, 0.2) is 48.8 Å². The first-order valence-corrected chi connectivity index (χ1v) is 8.46. The monoisotopic (exact) mass is 389 g/mol. The molecule has 0 aliphatic rings. The van der Waals surface area contributed by atoms with Crippen LogP contribution in [-0.4, -0.2) is 33.2 Å². The Morgan fingerprint density at radius 2 is 1.79 bits per heavy atom. The molecule has 9 heteroatoms. The van der Waals surface area contributed by atoms with Gasteiger partial charge < -0.3 is 15.7 Å². The fourth-order valence-corrected chi connectivity index (χ4v) is 2.50. The number of halogens is 3. The average molecular weight is 389 g/mol. The zero-order valence-corrected chi connectivity index (χ0v) is 15.0. The van der Waals surface area contributed by atoms with E-state index in [2.05, 4.69) is 25.6 Å². The molecule has 0 aliphatic heterocycles. The summed E-state index contributed by atoms with van der Waals surface area (Å²) in [6.45, 7) is 1.83. The first-order chi connectivity index (χ1) is 13.4. The predicted molar refractivity (Wildman–Crippen MR) is 100 cm³/mol. The minimum Gasteiger partial charge on any atom is -0.395 e. The molecule has 0 spiro atoms. The van der Waals surface area contributed by atoms with Gasteiger partial charge in [0.2, 0.25) is 5.95 Å². The maximum Gasteiger partial charge on any atom is 0.416 e. The Labute approximate surface area is 159 Å². The van der Waals surface area contributed by atoms with Crippen molar-refractivity contribution in [2.75, 3.05) is 23.8 Å². The molecule has 2 heterocycles. The van der Waals surface area contributed by atoms with Crippen molar-refractivity contribution in [2.45, 2.75) is 13.1 Å². The summed E-state index contributed by atoms with van der Waals surface area (Å²) < 4.78 is 39.1. The Bertz CT molecular complexity index is 948. The molecular weight excluding hydrogens is 371 g/mol. The number of aromatic nitrogens is 3. The predicted octanol–water partition coefficient (Wildman–Crippen LogP) is 4.01. The molecule has 6 nitrogen and oxygen atoms in total. The molecule has 3 rings (SSSR count). The van der Waals surface area contributed by atoms with Crippen LogP contribution in [0.1, 0.15) is 11.1 Å². The van der Waals surface area contributed by atoms with Crippen LogP contribution in [0.25, 0.3) is 11.3 Å². The van der Waals surface area contributed by atoms with Crippen molar-refractivity contribution < 1.29 is 18.3 Å². The number of alkyl halides is 3. The Hall–Kier alpha value is -3.20. The first kappa shape index (κ1) is 19.6. The fourth-order valence-electron chi connectivity index (χ4n) is 2.50. The lowest BCUT2D eigenvalue weighted by atomic mass is 10.1. The van der Waals surface area contributed by atoms with Crippen LogP contribution in [-0.2, 0) is 6.18 Å². The van der Waals surface area contributed by atoms with Crippen LogP contribution in [0.2, 0.25) is 0 Å². The van der Waals surface area contributed by atoms with Crippen molar-refractivity contribution >= 4 is 17.5 Å². The van der Waals surface area contributed by atoms with Crippen LogP contribution in [0.3, 0.4) is 0 Å². The number of nitrogens with one attached hydrogen (secondary N) is 2. The zero-order valence-electron chi connectivity index (χ0n) is 15.0. The van der Waals surface area contributed by atoms with Gasteiger partial charge in [0, 0.05) is 36.3 Å². The van der Waals surface area contributed by atoms with Gasteiger partial charge in [0.25, 0.3) is 0 Å². The summed E-state index contributed by atoms with van der Waals surface area (Å²) >= 11 is 0. The first-order valence-electron chi connectivity index (χ1n) is 8.46. The summed E-state index contributed by atoms with van der Waals surface area (Å²) in [6.07, 6.45) is -1.21. The number of anilines is 3. The smallest absolute Gasteiger partial charge is 0.395 e. The molecule has 0 fully saturated rings. The lowest BCUT2D eigenvalue weighted by Gasteiger charge is -2.14. The highest BCUT2D eigenvalue weighted by atomic mass is 19.4. The molecule has 2 aromatic heterocycles. The van der Waals surface area contributed by atoms with Crippen molar-refractivity contribution in [3.05, 3.63) is 59.9 Å². The normalized spacial score (nSPS) is 11.3. The van der Waals surface area contributed by atoms with Crippen LogP contribution in [0.4, 0.5) is 30.6 Å². The molecule has 146 valence electrons. The molecule has 0 saturated heterocycles. The molecule has 0 unspecified atom stereocenters. The summed E-state index contributed by atoms with van der Waals surface area (Å²) in [5.74, 6) is 0.570. The van der Waals surface area contributed by atoms with E-state index in [0.717, 1.165) is 17.7 Å². The molecule has 0 aliphatic carbocycles. The van der Waals surface area contributed by atoms with E-state index in [1.807, 2.05) is 0 Å². The van der Waals surface area contributed by atoms with Crippen LogP contribution < -0.4 is 10.6 Å². The van der Waals surface area contributed by atoms with E-state index in [1.165, 1.54) is 6.07 Å². The second-order valence-electron chi connectivity index (χ2n) is 6.00. The van der Waals surface area contributed by atoms with E-state index < -0.39 is 11.7 Å². The number of pyridine rings is 1. The van der Waals surface area contributed by atoms with E-state index >= 15 is 0 Å². The van der Waals surface area contributed by atoms with E-state index in [1.54, 1.807) is 37.5 Å². The van der Waals surface area contributed by atoms with Gasteiger partial charge in [0.05, 0.1) is 17.9 Å². The Morgan fingerprint density at radius 3 is 2.46 bits per heavy atom. The number of aliphatic hydroxyl groups is 1. The second kappa shape index (κ2) is 8.22. The zero-order chi connectivity index (χ0) is 20.1. The summed E-state index contributed by atoms with van der Waals surface area (Å²) in [4.78, 5) is 12.6. The molecule has 3 aromatic rings. The highest BCUT2D eigenvalue weighted by Crippen LogP contribution is 2.33. The van der Waals surface area contributed by atoms with Crippen molar-refractivity contribution in [2.24, 2.45) is 0 Å². The quantitative estimate of drug-likeness (QED) is 0.591. The van der Waals surface area contributed by atoms with E-state index in [9.17, 15) is 13.2 Å². The molecule has 0 bridgehead atoms. The van der Waals surface area contributed by atoms with Crippen molar-refractivity contribution in [3.8, 4) is 11.3 Å². The van der Waals surface area contributed by atoms with Gasteiger partial charge in [0.15, 0.2) is 0 Å². The van der Waals surface area contributed by atoms with Crippen molar-refractivity contribution in [1.82, 2.24) is 15.0 Å². The summed E-state index contributed by atoms with van der Waals surface area (Å²) in [5.41, 5.74) is 1.52.